The molecule has 0 saturated carbocycles. The number of nitriles is 1. The van der Waals surface area contributed by atoms with E-state index in [2.05, 4.69) is 0 Å². The lowest BCUT2D eigenvalue weighted by Crippen LogP contribution is -2.33. The summed E-state index contributed by atoms with van der Waals surface area (Å²) >= 11 is 5.34. The summed E-state index contributed by atoms with van der Waals surface area (Å²) in [6.07, 6.45) is 0.261. The van der Waals surface area contributed by atoms with Crippen molar-refractivity contribution in [3.05, 3.63) is 0 Å². The van der Waals surface area contributed by atoms with Gasteiger partial charge in [0.2, 0.25) is 11.8 Å². The number of amides is 2. The topological polar surface area (TPSA) is 70.0 Å². The summed E-state index contributed by atoms with van der Waals surface area (Å²) in [5.41, 5.74) is 0. The Morgan fingerprint density at radius 1 is 1.67 bits per heavy atom. The first kappa shape index (κ1) is 10.9. The lowest BCUT2D eigenvalue weighted by molar-refractivity contribution is -0.130. The molecule has 0 aromatic heterocycles. The van der Waals surface area contributed by atoms with E-state index in [0.29, 0.717) is 0 Å². The van der Waals surface area contributed by atoms with Crippen molar-refractivity contribution in [2.45, 2.75) is 13.3 Å². The minimum atomic E-state index is -0.827. The summed E-state index contributed by atoms with van der Waals surface area (Å²) in [6.45, 7) is 1.22. The Hall–Kier alpha value is -1.08. The van der Waals surface area contributed by atoms with Gasteiger partial charge in [-0.3, -0.25) is 14.9 Å². The van der Waals surface area contributed by atoms with Crippen molar-refractivity contribution >= 4 is 23.4 Å². The first-order chi connectivity index (χ1) is 5.61. The Bertz CT molecular complexity index is 222. The molecule has 1 atom stereocenters. The zero-order chi connectivity index (χ0) is 9.56. The molecule has 0 fully saturated rings. The number of nitrogens with one attached hydrogen (secondary N) is 1. The second kappa shape index (κ2) is 5.56. The van der Waals surface area contributed by atoms with E-state index in [1.807, 2.05) is 5.32 Å². The number of carbonyl (C=O) groups is 2. The van der Waals surface area contributed by atoms with Crippen molar-refractivity contribution in [3.8, 4) is 6.07 Å². The largest absolute Gasteiger partial charge is 0.296 e. The molecular formula is C7H9ClN2O2. The van der Waals surface area contributed by atoms with Crippen molar-refractivity contribution < 1.29 is 9.59 Å². The molecule has 0 radical (unpaired) electrons. The van der Waals surface area contributed by atoms with Gasteiger partial charge >= 0.3 is 0 Å². The Morgan fingerprint density at radius 2 is 2.25 bits per heavy atom. The van der Waals surface area contributed by atoms with Crippen LogP contribution in [0.25, 0.3) is 0 Å². The van der Waals surface area contributed by atoms with Crippen LogP contribution in [0.1, 0.15) is 13.3 Å². The highest BCUT2D eigenvalue weighted by atomic mass is 35.5. The van der Waals surface area contributed by atoms with Crippen LogP contribution in [0.15, 0.2) is 0 Å². The van der Waals surface area contributed by atoms with Crippen LogP contribution in [0.4, 0.5) is 0 Å². The molecule has 0 heterocycles. The van der Waals surface area contributed by atoms with E-state index in [9.17, 15) is 9.59 Å². The summed E-state index contributed by atoms with van der Waals surface area (Å²) in [7, 11) is 0. The van der Waals surface area contributed by atoms with Gasteiger partial charge in [-0.2, -0.15) is 5.26 Å². The first-order valence-corrected chi connectivity index (χ1v) is 3.92. The van der Waals surface area contributed by atoms with Gasteiger partial charge < -0.3 is 0 Å². The Labute approximate surface area is 75.5 Å². The van der Waals surface area contributed by atoms with Crippen LogP contribution in [-0.4, -0.2) is 17.7 Å². The molecule has 0 unspecified atom stereocenters. The molecule has 0 spiro atoms. The average Bonchev–Trinajstić information content (AvgIpc) is 1.98. The SMILES string of the molecule is CC(=O)NC(=O)[C@H](C#N)CCCl. The van der Waals surface area contributed by atoms with Crippen molar-refractivity contribution in [1.82, 2.24) is 5.32 Å². The fourth-order valence-corrected chi connectivity index (χ4v) is 0.842. The summed E-state index contributed by atoms with van der Waals surface area (Å²) in [5, 5.41) is 10.5. The Morgan fingerprint density at radius 3 is 2.58 bits per heavy atom. The number of carbonyl (C=O) groups excluding carboxylic acids is 2. The smallest absolute Gasteiger partial charge is 0.243 e. The van der Waals surface area contributed by atoms with Gasteiger partial charge in [-0.1, -0.05) is 0 Å². The number of hydrogen-bond acceptors (Lipinski definition) is 3. The normalized spacial score (nSPS) is 11.4. The number of nitrogens with zero attached hydrogens (tertiary/aromatic N) is 1. The van der Waals surface area contributed by atoms with Gasteiger partial charge in [0, 0.05) is 12.8 Å². The van der Waals surface area contributed by atoms with Crippen molar-refractivity contribution in [2.75, 3.05) is 5.88 Å². The van der Waals surface area contributed by atoms with Gasteiger partial charge in [0.15, 0.2) is 0 Å². The molecule has 12 heavy (non-hydrogen) atoms. The highest BCUT2D eigenvalue weighted by Gasteiger charge is 2.17. The second-order valence-corrected chi connectivity index (χ2v) is 2.58. The van der Waals surface area contributed by atoms with Gasteiger partial charge in [-0.25, -0.2) is 0 Å². The van der Waals surface area contributed by atoms with E-state index < -0.39 is 17.7 Å². The molecule has 66 valence electrons. The van der Waals surface area contributed by atoms with Crippen LogP contribution in [-0.2, 0) is 9.59 Å². The minimum Gasteiger partial charge on any atom is -0.296 e. The monoisotopic (exact) mass is 188 g/mol. The van der Waals surface area contributed by atoms with Crippen LogP contribution in [0.3, 0.4) is 0 Å². The zero-order valence-electron chi connectivity index (χ0n) is 6.63. The summed E-state index contributed by atoms with van der Waals surface area (Å²) in [6, 6.07) is 1.76. The van der Waals surface area contributed by atoms with E-state index in [0.717, 1.165) is 0 Å². The maximum absolute atomic E-state index is 11.0. The van der Waals surface area contributed by atoms with E-state index >= 15 is 0 Å². The fourth-order valence-electron chi connectivity index (χ4n) is 0.624. The Kier molecular flexibility index (Phi) is 5.06. The minimum absolute atomic E-state index is 0.226. The third-order valence-corrected chi connectivity index (χ3v) is 1.39. The lowest BCUT2D eigenvalue weighted by Gasteiger charge is -2.04. The van der Waals surface area contributed by atoms with Crippen LogP contribution in [0, 0.1) is 17.2 Å². The molecule has 0 saturated heterocycles. The average molecular weight is 189 g/mol. The molecule has 0 aliphatic rings. The van der Waals surface area contributed by atoms with Gasteiger partial charge in [0.25, 0.3) is 0 Å². The van der Waals surface area contributed by atoms with Crippen molar-refractivity contribution in [3.63, 3.8) is 0 Å². The number of hydrogen-bond donors (Lipinski definition) is 1. The lowest BCUT2D eigenvalue weighted by atomic mass is 10.1. The number of imide groups is 1. The molecular weight excluding hydrogens is 180 g/mol. The van der Waals surface area contributed by atoms with Gasteiger partial charge in [-0.05, 0) is 6.42 Å². The van der Waals surface area contributed by atoms with Gasteiger partial charge in [0.05, 0.1) is 6.07 Å². The Balaban J connectivity index is 4.05. The predicted octanol–water partition coefficient (Wildman–Crippen LogP) is 0.418. The molecule has 0 aromatic carbocycles. The molecule has 2 amide bonds. The third-order valence-electron chi connectivity index (χ3n) is 1.17. The predicted molar refractivity (Wildman–Crippen MR) is 43.3 cm³/mol. The van der Waals surface area contributed by atoms with Gasteiger partial charge in [0.1, 0.15) is 5.92 Å². The van der Waals surface area contributed by atoms with Crippen LogP contribution in [0.2, 0.25) is 0 Å². The quantitative estimate of drug-likeness (QED) is 0.653. The number of alkyl halides is 1. The van der Waals surface area contributed by atoms with Gasteiger partial charge in [-0.15, -0.1) is 11.6 Å². The third kappa shape index (κ3) is 3.94. The fraction of sp³-hybridized carbons (Fsp3) is 0.571. The number of halogens is 1. The molecule has 1 N–H and O–H groups in total. The number of rotatable bonds is 3. The molecule has 5 heteroatoms. The molecule has 0 bridgehead atoms. The molecule has 0 aliphatic carbocycles. The zero-order valence-corrected chi connectivity index (χ0v) is 7.39. The molecule has 4 nitrogen and oxygen atoms in total. The molecule has 0 rings (SSSR count). The van der Waals surface area contributed by atoms with E-state index in [-0.39, 0.29) is 12.3 Å². The van der Waals surface area contributed by atoms with Crippen LogP contribution in [0.5, 0.6) is 0 Å². The van der Waals surface area contributed by atoms with Crippen LogP contribution < -0.4 is 5.32 Å². The summed E-state index contributed by atoms with van der Waals surface area (Å²) in [4.78, 5) is 21.4. The maximum Gasteiger partial charge on any atom is 0.243 e. The highest BCUT2D eigenvalue weighted by Crippen LogP contribution is 2.02. The van der Waals surface area contributed by atoms with E-state index in [1.165, 1.54) is 6.92 Å². The molecule has 0 aliphatic heterocycles. The van der Waals surface area contributed by atoms with E-state index in [1.54, 1.807) is 6.07 Å². The van der Waals surface area contributed by atoms with Crippen molar-refractivity contribution in [2.24, 2.45) is 5.92 Å². The summed E-state index contributed by atoms with van der Waals surface area (Å²) < 4.78 is 0. The first-order valence-electron chi connectivity index (χ1n) is 3.38. The van der Waals surface area contributed by atoms with Crippen molar-refractivity contribution in [1.29, 1.82) is 5.26 Å². The standard InChI is InChI=1S/C7H9ClN2O2/c1-5(11)10-7(12)6(4-9)2-3-8/h6H,2-3H2,1H3,(H,10,11,12)/t6-/m0/s1. The van der Waals surface area contributed by atoms with E-state index in [4.69, 9.17) is 16.9 Å². The second-order valence-electron chi connectivity index (χ2n) is 2.20. The molecule has 0 aromatic rings. The maximum atomic E-state index is 11.0. The highest BCUT2D eigenvalue weighted by molar-refractivity contribution is 6.18. The summed E-state index contributed by atoms with van der Waals surface area (Å²) in [5.74, 6) is -1.64. The van der Waals surface area contributed by atoms with Crippen LogP contribution >= 0.6 is 11.6 Å².